The van der Waals surface area contributed by atoms with Crippen molar-refractivity contribution in [1.29, 1.82) is 0 Å². The number of hydrogen-bond donors (Lipinski definition) is 2. The summed E-state index contributed by atoms with van der Waals surface area (Å²) in [6, 6.07) is 9.56. The first-order valence-corrected chi connectivity index (χ1v) is 9.89. The van der Waals surface area contributed by atoms with Crippen molar-refractivity contribution in [3.63, 3.8) is 0 Å². The molecule has 2 heterocycles. The number of carbonyl (C=O) groups is 2. The Morgan fingerprint density at radius 3 is 2.63 bits per heavy atom. The summed E-state index contributed by atoms with van der Waals surface area (Å²) in [4.78, 5) is 29.1. The maximum atomic E-state index is 13.8. The van der Waals surface area contributed by atoms with E-state index in [9.17, 15) is 14.0 Å². The van der Waals surface area contributed by atoms with Crippen LogP contribution in [0.5, 0.6) is 5.75 Å². The predicted octanol–water partition coefficient (Wildman–Crippen LogP) is 3.35. The van der Waals surface area contributed by atoms with E-state index in [1.165, 1.54) is 18.2 Å². The predicted molar refractivity (Wildman–Crippen MR) is 113 cm³/mol. The lowest BCUT2D eigenvalue weighted by molar-refractivity contribution is 0.0815. The van der Waals surface area contributed by atoms with Gasteiger partial charge < -0.3 is 25.2 Å². The van der Waals surface area contributed by atoms with Gasteiger partial charge in [0, 0.05) is 33.0 Å². The monoisotopic (exact) mass is 412 g/mol. The van der Waals surface area contributed by atoms with Crippen molar-refractivity contribution in [2.45, 2.75) is 25.4 Å². The normalized spacial score (nSPS) is 17.4. The fourth-order valence-corrected chi connectivity index (χ4v) is 4.22. The lowest BCUT2D eigenvalue weighted by Gasteiger charge is -2.51. The summed E-state index contributed by atoms with van der Waals surface area (Å²) < 4.78 is 19.1. The number of benzene rings is 2. The molecule has 0 unspecified atom stereocenters. The second-order valence-electron chi connectivity index (χ2n) is 7.83. The van der Waals surface area contributed by atoms with Crippen molar-refractivity contribution in [3.8, 4) is 5.75 Å². The van der Waals surface area contributed by atoms with Crippen LogP contribution in [0.2, 0.25) is 0 Å². The Balaban J connectivity index is 1.48. The number of nitrogens with zero attached hydrogens (tertiary/aromatic N) is 2. The topological polar surface area (TPSA) is 73.9 Å². The molecule has 0 atom stereocenters. The van der Waals surface area contributed by atoms with Gasteiger partial charge >= 0.3 is 6.03 Å². The molecule has 158 valence electrons. The Labute approximate surface area is 174 Å². The summed E-state index contributed by atoms with van der Waals surface area (Å²) in [7, 11) is 3.41. The van der Waals surface area contributed by atoms with Crippen LogP contribution < -0.4 is 20.3 Å². The van der Waals surface area contributed by atoms with E-state index in [4.69, 9.17) is 4.74 Å². The number of amides is 3. The van der Waals surface area contributed by atoms with Crippen LogP contribution in [-0.4, -0.2) is 49.7 Å². The number of halogens is 1. The third-order valence-electron chi connectivity index (χ3n) is 6.03. The lowest BCUT2D eigenvalue weighted by atomic mass is 9.90. The fraction of sp³-hybridized carbons (Fsp3) is 0.364. The molecule has 0 aliphatic carbocycles. The lowest BCUT2D eigenvalue weighted by Crippen LogP contribution is -2.67. The van der Waals surface area contributed by atoms with Gasteiger partial charge in [-0.2, -0.15) is 0 Å². The van der Waals surface area contributed by atoms with E-state index < -0.39 is 5.66 Å². The molecular weight excluding hydrogens is 387 g/mol. The molecule has 2 aliphatic heterocycles. The Morgan fingerprint density at radius 1 is 1.20 bits per heavy atom. The SMILES string of the molecule is COc1ccc(C)cc1NC(=O)N1CCC2(CC1)NC(=O)c1ccc(F)cc1N2C. The van der Waals surface area contributed by atoms with E-state index in [2.05, 4.69) is 10.6 Å². The molecule has 4 rings (SSSR count). The molecule has 2 aliphatic rings. The Kier molecular flexibility index (Phi) is 5.01. The summed E-state index contributed by atoms with van der Waals surface area (Å²) >= 11 is 0. The summed E-state index contributed by atoms with van der Waals surface area (Å²) in [5.41, 5.74) is 2.02. The Morgan fingerprint density at radius 2 is 1.93 bits per heavy atom. The molecule has 1 spiro atoms. The number of piperidine rings is 1. The van der Waals surface area contributed by atoms with Gasteiger partial charge in [-0.05, 0) is 42.8 Å². The molecule has 2 aromatic carbocycles. The van der Waals surface area contributed by atoms with Crippen LogP contribution in [0.1, 0.15) is 28.8 Å². The quantitative estimate of drug-likeness (QED) is 0.794. The van der Waals surface area contributed by atoms with Crippen molar-refractivity contribution >= 4 is 23.3 Å². The number of carbonyl (C=O) groups excluding carboxylic acids is 2. The van der Waals surface area contributed by atoms with Gasteiger partial charge in [-0.25, -0.2) is 9.18 Å². The van der Waals surface area contributed by atoms with E-state index >= 15 is 0 Å². The average molecular weight is 412 g/mol. The van der Waals surface area contributed by atoms with E-state index in [0.29, 0.717) is 48.6 Å². The highest BCUT2D eigenvalue weighted by Gasteiger charge is 2.45. The molecule has 3 amide bonds. The van der Waals surface area contributed by atoms with Crippen LogP contribution in [0, 0.1) is 12.7 Å². The van der Waals surface area contributed by atoms with E-state index in [0.717, 1.165) is 5.56 Å². The van der Waals surface area contributed by atoms with Crippen molar-refractivity contribution in [2.75, 3.05) is 37.5 Å². The number of anilines is 2. The summed E-state index contributed by atoms with van der Waals surface area (Å²) in [5.74, 6) is 0.000190. The van der Waals surface area contributed by atoms with Gasteiger partial charge in [-0.15, -0.1) is 0 Å². The summed E-state index contributed by atoms with van der Waals surface area (Å²) in [5, 5.41) is 6.00. The van der Waals surface area contributed by atoms with Crippen LogP contribution in [0.15, 0.2) is 36.4 Å². The molecule has 7 nitrogen and oxygen atoms in total. The number of nitrogens with one attached hydrogen (secondary N) is 2. The zero-order valence-corrected chi connectivity index (χ0v) is 17.3. The number of likely N-dealkylation sites (tertiary alicyclic amines) is 1. The number of aryl methyl sites for hydroxylation is 1. The molecule has 0 saturated carbocycles. The number of methoxy groups -OCH3 is 1. The molecule has 2 aromatic rings. The summed E-state index contributed by atoms with van der Waals surface area (Å²) in [6.07, 6.45) is 1.06. The van der Waals surface area contributed by atoms with E-state index in [1.54, 1.807) is 12.0 Å². The first-order valence-electron chi connectivity index (χ1n) is 9.89. The zero-order valence-electron chi connectivity index (χ0n) is 17.3. The largest absolute Gasteiger partial charge is 0.495 e. The highest BCUT2D eigenvalue weighted by molar-refractivity contribution is 6.02. The number of fused-ring (bicyclic) bond motifs is 1. The number of urea groups is 1. The van der Waals surface area contributed by atoms with Gasteiger partial charge in [0.05, 0.1) is 24.0 Å². The van der Waals surface area contributed by atoms with Gasteiger partial charge in [-0.1, -0.05) is 6.07 Å². The van der Waals surface area contributed by atoms with E-state index in [1.807, 2.05) is 37.1 Å². The van der Waals surface area contributed by atoms with Gasteiger partial charge in [0.25, 0.3) is 5.91 Å². The van der Waals surface area contributed by atoms with Crippen LogP contribution in [0.4, 0.5) is 20.6 Å². The molecule has 1 fully saturated rings. The average Bonchev–Trinajstić information content (AvgIpc) is 2.73. The second kappa shape index (κ2) is 7.51. The standard InChI is InChI=1S/C22H25FN4O3/c1-14-4-7-19(30-3)17(12-14)24-21(29)27-10-8-22(9-11-27)25-20(28)16-6-5-15(23)13-18(16)26(22)2/h4-7,12-13H,8-11H2,1-3H3,(H,24,29)(H,25,28). The van der Waals surface area contributed by atoms with Crippen molar-refractivity contribution in [2.24, 2.45) is 0 Å². The third kappa shape index (κ3) is 3.42. The molecule has 0 aromatic heterocycles. The van der Waals surface area contributed by atoms with Gasteiger partial charge in [0.15, 0.2) is 0 Å². The van der Waals surface area contributed by atoms with Gasteiger partial charge in [-0.3, -0.25) is 4.79 Å². The molecular formula is C22H25FN4O3. The first-order chi connectivity index (χ1) is 14.3. The number of hydrogen-bond acceptors (Lipinski definition) is 4. The van der Waals surface area contributed by atoms with Crippen molar-refractivity contribution in [3.05, 3.63) is 53.3 Å². The van der Waals surface area contributed by atoms with Crippen LogP contribution in [0.3, 0.4) is 0 Å². The molecule has 1 saturated heterocycles. The Hall–Kier alpha value is -3.29. The molecule has 8 heteroatoms. The molecule has 2 N–H and O–H groups in total. The fourth-order valence-electron chi connectivity index (χ4n) is 4.22. The highest BCUT2D eigenvalue weighted by Crippen LogP contribution is 2.36. The zero-order chi connectivity index (χ0) is 21.5. The van der Waals surface area contributed by atoms with E-state index in [-0.39, 0.29) is 17.8 Å². The number of ether oxygens (including phenoxy) is 1. The third-order valence-corrected chi connectivity index (χ3v) is 6.03. The maximum absolute atomic E-state index is 13.8. The van der Waals surface area contributed by atoms with Crippen molar-refractivity contribution in [1.82, 2.24) is 10.2 Å². The molecule has 30 heavy (non-hydrogen) atoms. The summed E-state index contributed by atoms with van der Waals surface area (Å²) in [6.45, 7) is 2.85. The minimum Gasteiger partial charge on any atom is -0.495 e. The van der Waals surface area contributed by atoms with Crippen molar-refractivity contribution < 1.29 is 18.7 Å². The minimum atomic E-state index is -0.643. The highest BCUT2D eigenvalue weighted by atomic mass is 19.1. The minimum absolute atomic E-state index is 0.217. The number of rotatable bonds is 2. The Bertz CT molecular complexity index is 1000. The molecule has 0 radical (unpaired) electrons. The maximum Gasteiger partial charge on any atom is 0.321 e. The van der Waals surface area contributed by atoms with Gasteiger partial charge in [0.1, 0.15) is 17.2 Å². The first kappa shape index (κ1) is 20.0. The second-order valence-corrected chi connectivity index (χ2v) is 7.83. The van der Waals surface area contributed by atoms with Crippen LogP contribution in [0.25, 0.3) is 0 Å². The molecule has 0 bridgehead atoms. The van der Waals surface area contributed by atoms with Gasteiger partial charge in [0.2, 0.25) is 0 Å². The van der Waals surface area contributed by atoms with Crippen LogP contribution in [-0.2, 0) is 0 Å². The van der Waals surface area contributed by atoms with Crippen LogP contribution >= 0.6 is 0 Å². The smallest absolute Gasteiger partial charge is 0.321 e.